The lowest BCUT2D eigenvalue weighted by atomic mass is 10.1. The third kappa shape index (κ3) is 2.08. The Kier molecular flexibility index (Phi) is 3.24. The number of ketones is 1. The molecule has 0 aromatic carbocycles. The first-order chi connectivity index (χ1) is 8.15. The summed E-state index contributed by atoms with van der Waals surface area (Å²) in [7, 11) is 1.69. The molecule has 17 heavy (non-hydrogen) atoms. The molecule has 0 aliphatic rings. The summed E-state index contributed by atoms with van der Waals surface area (Å²) >= 11 is 5.95. The van der Waals surface area contributed by atoms with Crippen molar-refractivity contribution in [2.24, 2.45) is 7.05 Å². The average molecular weight is 250 g/mol. The number of rotatable bonds is 3. The van der Waals surface area contributed by atoms with E-state index in [2.05, 4.69) is 10.1 Å². The van der Waals surface area contributed by atoms with E-state index in [0.717, 1.165) is 12.0 Å². The molecular formula is C12H12ClN3O. The van der Waals surface area contributed by atoms with Gasteiger partial charge in [0.15, 0.2) is 0 Å². The van der Waals surface area contributed by atoms with Crippen molar-refractivity contribution < 1.29 is 4.79 Å². The molecule has 2 aromatic heterocycles. The van der Waals surface area contributed by atoms with Gasteiger partial charge in [0.25, 0.3) is 0 Å². The van der Waals surface area contributed by atoms with Crippen molar-refractivity contribution in [3.8, 4) is 0 Å². The van der Waals surface area contributed by atoms with Crippen molar-refractivity contribution in [3.63, 3.8) is 0 Å². The predicted octanol–water partition coefficient (Wildman–Crippen LogP) is 2.26. The highest BCUT2D eigenvalue weighted by Crippen LogP contribution is 2.19. The van der Waals surface area contributed by atoms with E-state index in [0.29, 0.717) is 16.4 Å². The number of aromatic nitrogens is 3. The van der Waals surface area contributed by atoms with Gasteiger partial charge >= 0.3 is 0 Å². The highest BCUT2D eigenvalue weighted by Gasteiger charge is 2.20. The zero-order chi connectivity index (χ0) is 12.4. The van der Waals surface area contributed by atoms with E-state index < -0.39 is 0 Å². The van der Waals surface area contributed by atoms with Gasteiger partial charge in [-0.15, -0.1) is 0 Å². The Bertz CT molecular complexity index is 543. The quantitative estimate of drug-likeness (QED) is 0.784. The summed E-state index contributed by atoms with van der Waals surface area (Å²) in [6.07, 6.45) is 3.82. The number of nitrogens with zero attached hydrogens (tertiary/aromatic N) is 3. The Morgan fingerprint density at radius 3 is 2.88 bits per heavy atom. The molecule has 4 nitrogen and oxygen atoms in total. The molecule has 0 radical (unpaired) electrons. The van der Waals surface area contributed by atoms with Gasteiger partial charge in [0, 0.05) is 13.2 Å². The molecule has 0 amide bonds. The second-order valence-corrected chi connectivity index (χ2v) is 4.07. The zero-order valence-corrected chi connectivity index (χ0v) is 10.4. The van der Waals surface area contributed by atoms with Crippen molar-refractivity contribution in [1.29, 1.82) is 0 Å². The first-order valence-electron chi connectivity index (χ1n) is 5.31. The van der Waals surface area contributed by atoms with Crippen LogP contribution in [0.1, 0.15) is 28.7 Å². The number of carbonyl (C=O) groups excluding carboxylic acids is 1. The van der Waals surface area contributed by atoms with Gasteiger partial charge < -0.3 is 0 Å². The van der Waals surface area contributed by atoms with Crippen molar-refractivity contribution >= 4 is 17.4 Å². The van der Waals surface area contributed by atoms with Crippen LogP contribution >= 0.6 is 11.6 Å². The predicted molar refractivity (Wildman–Crippen MR) is 65.3 cm³/mol. The van der Waals surface area contributed by atoms with E-state index in [4.69, 9.17) is 11.6 Å². The summed E-state index contributed by atoms with van der Waals surface area (Å²) in [4.78, 5) is 16.5. The zero-order valence-electron chi connectivity index (χ0n) is 9.64. The van der Waals surface area contributed by atoms with Crippen LogP contribution < -0.4 is 0 Å². The van der Waals surface area contributed by atoms with Crippen LogP contribution in [-0.4, -0.2) is 20.5 Å². The molecule has 0 fully saturated rings. The smallest absolute Gasteiger partial charge is 0.231 e. The van der Waals surface area contributed by atoms with E-state index in [-0.39, 0.29) is 5.78 Å². The molecule has 0 bridgehead atoms. The fraction of sp³-hybridized carbons (Fsp3) is 0.250. The number of hydrogen-bond acceptors (Lipinski definition) is 3. The van der Waals surface area contributed by atoms with Gasteiger partial charge in [0.2, 0.25) is 5.78 Å². The van der Waals surface area contributed by atoms with Crippen LogP contribution in [0.5, 0.6) is 0 Å². The van der Waals surface area contributed by atoms with Crippen molar-refractivity contribution in [2.75, 3.05) is 0 Å². The van der Waals surface area contributed by atoms with Crippen LogP contribution in [0.25, 0.3) is 0 Å². The first-order valence-corrected chi connectivity index (χ1v) is 5.69. The fourth-order valence-electron chi connectivity index (χ4n) is 1.71. The second kappa shape index (κ2) is 4.67. The molecule has 88 valence electrons. The Morgan fingerprint density at radius 2 is 2.29 bits per heavy atom. The number of hydrogen-bond donors (Lipinski definition) is 0. The fourth-order valence-corrected chi connectivity index (χ4v) is 1.96. The van der Waals surface area contributed by atoms with Gasteiger partial charge in [-0.1, -0.05) is 24.6 Å². The summed E-state index contributed by atoms with van der Waals surface area (Å²) in [5.41, 5.74) is 1.73. The molecule has 0 saturated heterocycles. The Hall–Kier alpha value is -1.68. The molecule has 2 aromatic rings. The van der Waals surface area contributed by atoms with Crippen LogP contribution in [0.3, 0.4) is 0 Å². The highest BCUT2D eigenvalue weighted by molar-refractivity contribution is 6.34. The van der Waals surface area contributed by atoms with Gasteiger partial charge in [-0.3, -0.25) is 14.5 Å². The van der Waals surface area contributed by atoms with Gasteiger partial charge in [0.1, 0.15) is 11.4 Å². The topological polar surface area (TPSA) is 47.8 Å². The van der Waals surface area contributed by atoms with Gasteiger partial charge in [0.05, 0.1) is 11.2 Å². The molecule has 2 rings (SSSR count). The van der Waals surface area contributed by atoms with Crippen molar-refractivity contribution in [3.05, 3.63) is 46.5 Å². The number of carbonyl (C=O) groups is 1. The van der Waals surface area contributed by atoms with Crippen LogP contribution in [0.4, 0.5) is 0 Å². The molecule has 0 aliphatic carbocycles. The standard InChI is InChI=1S/C12H12ClN3O/c1-3-8-5-4-6-14-10(8)12(17)11-9(13)7-15-16(11)2/h4-7H,3H2,1-2H3. The molecule has 0 spiro atoms. The third-order valence-electron chi connectivity index (χ3n) is 2.60. The molecular weight excluding hydrogens is 238 g/mol. The largest absolute Gasteiger partial charge is 0.285 e. The van der Waals surface area contributed by atoms with Gasteiger partial charge in [-0.05, 0) is 18.1 Å². The number of halogens is 1. The number of aryl methyl sites for hydroxylation is 2. The lowest BCUT2D eigenvalue weighted by molar-refractivity contribution is 0.102. The van der Waals surface area contributed by atoms with E-state index in [1.165, 1.54) is 10.9 Å². The van der Waals surface area contributed by atoms with Crippen LogP contribution in [0.2, 0.25) is 5.02 Å². The third-order valence-corrected chi connectivity index (χ3v) is 2.87. The molecule has 0 N–H and O–H groups in total. The highest BCUT2D eigenvalue weighted by atomic mass is 35.5. The minimum Gasteiger partial charge on any atom is -0.285 e. The van der Waals surface area contributed by atoms with Crippen LogP contribution in [-0.2, 0) is 13.5 Å². The lowest BCUT2D eigenvalue weighted by Gasteiger charge is -2.06. The minimum atomic E-state index is -0.188. The maximum atomic E-state index is 12.3. The van der Waals surface area contributed by atoms with Gasteiger partial charge in [-0.25, -0.2) is 0 Å². The van der Waals surface area contributed by atoms with E-state index in [1.54, 1.807) is 13.2 Å². The molecule has 0 saturated carbocycles. The maximum absolute atomic E-state index is 12.3. The summed E-state index contributed by atoms with van der Waals surface area (Å²) in [5.74, 6) is -0.188. The van der Waals surface area contributed by atoms with Crippen molar-refractivity contribution in [1.82, 2.24) is 14.8 Å². The minimum absolute atomic E-state index is 0.188. The normalized spacial score (nSPS) is 10.5. The molecule has 0 aliphatic heterocycles. The average Bonchev–Trinajstić information content (AvgIpc) is 2.68. The molecule has 0 atom stereocenters. The first kappa shape index (κ1) is 11.8. The molecule has 0 unspecified atom stereocenters. The Morgan fingerprint density at radius 1 is 1.53 bits per heavy atom. The van der Waals surface area contributed by atoms with Crippen molar-refractivity contribution in [2.45, 2.75) is 13.3 Å². The Balaban J connectivity index is 2.51. The SMILES string of the molecule is CCc1cccnc1C(=O)c1c(Cl)cnn1C. The second-order valence-electron chi connectivity index (χ2n) is 3.66. The van der Waals surface area contributed by atoms with Crippen LogP contribution in [0.15, 0.2) is 24.5 Å². The summed E-state index contributed by atoms with van der Waals surface area (Å²) < 4.78 is 1.47. The summed E-state index contributed by atoms with van der Waals surface area (Å²) in [6, 6.07) is 3.71. The number of pyridine rings is 1. The monoisotopic (exact) mass is 249 g/mol. The van der Waals surface area contributed by atoms with E-state index in [9.17, 15) is 4.79 Å². The summed E-state index contributed by atoms with van der Waals surface area (Å²) in [6.45, 7) is 1.98. The summed E-state index contributed by atoms with van der Waals surface area (Å²) in [5, 5.41) is 4.31. The van der Waals surface area contributed by atoms with E-state index in [1.807, 2.05) is 19.1 Å². The van der Waals surface area contributed by atoms with Crippen LogP contribution in [0, 0.1) is 0 Å². The lowest BCUT2D eigenvalue weighted by Crippen LogP contribution is -2.12. The van der Waals surface area contributed by atoms with E-state index >= 15 is 0 Å². The maximum Gasteiger partial charge on any atom is 0.231 e. The molecule has 5 heteroatoms. The molecule has 2 heterocycles. The Labute approximate surface area is 104 Å². The van der Waals surface area contributed by atoms with Gasteiger partial charge in [-0.2, -0.15) is 5.10 Å².